The van der Waals surface area contributed by atoms with Crippen molar-refractivity contribution in [3.8, 4) is 11.1 Å². The van der Waals surface area contributed by atoms with E-state index in [9.17, 15) is 14.7 Å². The molecule has 0 fully saturated rings. The van der Waals surface area contributed by atoms with E-state index in [0.29, 0.717) is 16.3 Å². The topological polar surface area (TPSA) is 115 Å². The number of rotatable bonds is 5. The summed E-state index contributed by atoms with van der Waals surface area (Å²) in [5, 5.41) is 28.1. The Balaban J connectivity index is 2.27. The number of allylic oxidation sites excluding steroid dienone is 1. The van der Waals surface area contributed by atoms with Crippen LogP contribution in [-0.4, -0.2) is 44.8 Å². The molecule has 2 aromatic rings. The molecule has 0 bridgehead atoms. The predicted octanol–water partition coefficient (Wildman–Crippen LogP) is 3.51. The number of pyridine rings is 1. The molecule has 8 nitrogen and oxygen atoms in total. The van der Waals surface area contributed by atoms with Gasteiger partial charge in [-0.15, -0.1) is 0 Å². The summed E-state index contributed by atoms with van der Waals surface area (Å²) in [6, 6.07) is 9.01. The quantitative estimate of drug-likeness (QED) is 0.630. The summed E-state index contributed by atoms with van der Waals surface area (Å²) in [5.41, 5.74) is 2.58. The smallest absolute Gasteiger partial charge is 0.322 e. The third-order valence-corrected chi connectivity index (χ3v) is 4.59. The Morgan fingerprint density at radius 3 is 2.70 bits per heavy atom. The number of aliphatic hydroxyl groups excluding tert-OH is 1. The fraction of sp³-hybridized carbons (Fsp3) is 0.143. The number of aromatic nitrogens is 1. The molecule has 3 N–H and O–H groups in total. The van der Waals surface area contributed by atoms with Gasteiger partial charge in [0, 0.05) is 23.0 Å². The van der Waals surface area contributed by atoms with E-state index in [4.69, 9.17) is 16.7 Å². The first-order valence-corrected chi connectivity index (χ1v) is 9.40. The van der Waals surface area contributed by atoms with Crippen molar-refractivity contribution in [1.82, 2.24) is 15.3 Å². The lowest BCUT2D eigenvalue weighted by molar-refractivity contribution is -0.137. The van der Waals surface area contributed by atoms with Crippen LogP contribution in [0.1, 0.15) is 25.1 Å². The second-order valence-electron chi connectivity index (χ2n) is 6.23. The summed E-state index contributed by atoms with van der Waals surface area (Å²) >= 11 is 6.16. The third-order valence-electron chi connectivity index (χ3n) is 4.35. The number of carbonyl (C=O) groups excluding carboxylic acids is 1. The Kier molecular flexibility index (Phi) is 6.17. The number of aliphatic hydroxyl groups is 1. The number of amides is 1. The Morgan fingerprint density at radius 2 is 2.07 bits per heavy atom. The summed E-state index contributed by atoms with van der Waals surface area (Å²) in [6.45, 7) is 2.82. The van der Waals surface area contributed by atoms with Crippen molar-refractivity contribution in [2.24, 2.45) is 5.10 Å². The number of hydrazone groups is 1. The highest BCUT2D eigenvalue weighted by molar-refractivity contribution is 6.30. The first-order valence-electron chi connectivity index (χ1n) is 9.03. The van der Waals surface area contributed by atoms with Gasteiger partial charge in [-0.2, -0.15) is 5.10 Å². The monoisotopic (exact) mass is 426 g/mol. The standard InChI is InChI=1S/C21H19ClN4O4/c1-3-15-17-14(12-6-5-7-13(22)10-12)8-9-23-18(17)20(29)19(26(15)25-4-2)21(30)24-11-16(27)28/h3-10,29H,11H2,1-2H3,(H,24,30)(H,27,28)/b15-3+,25-4-. The van der Waals surface area contributed by atoms with Crippen molar-refractivity contribution in [2.75, 3.05) is 6.54 Å². The molecular formula is C21H19ClN4O4. The van der Waals surface area contributed by atoms with Gasteiger partial charge in [-0.1, -0.05) is 29.8 Å². The number of hydrogen-bond acceptors (Lipinski definition) is 6. The first kappa shape index (κ1) is 21.1. The van der Waals surface area contributed by atoms with Crippen molar-refractivity contribution in [3.05, 3.63) is 64.6 Å². The van der Waals surface area contributed by atoms with E-state index in [0.717, 1.165) is 11.1 Å². The maximum Gasteiger partial charge on any atom is 0.322 e. The van der Waals surface area contributed by atoms with Gasteiger partial charge in [0.25, 0.3) is 5.91 Å². The molecule has 0 aliphatic carbocycles. The molecule has 0 atom stereocenters. The summed E-state index contributed by atoms with van der Waals surface area (Å²) in [7, 11) is 0. The van der Waals surface area contributed by atoms with Gasteiger partial charge in [-0.3, -0.25) is 14.6 Å². The number of hydrogen-bond donors (Lipinski definition) is 3. The first-order chi connectivity index (χ1) is 14.4. The maximum absolute atomic E-state index is 12.7. The number of fused-ring (bicyclic) bond motifs is 1. The molecule has 0 saturated heterocycles. The molecular weight excluding hydrogens is 408 g/mol. The van der Waals surface area contributed by atoms with Crippen molar-refractivity contribution in [1.29, 1.82) is 0 Å². The van der Waals surface area contributed by atoms with E-state index in [2.05, 4.69) is 15.4 Å². The van der Waals surface area contributed by atoms with Crippen LogP contribution in [0, 0.1) is 0 Å². The highest BCUT2D eigenvalue weighted by atomic mass is 35.5. The molecule has 0 spiro atoms. The number of carboxylic acid groups (broad SMARTS) is 1. The molecule has 9 heteroatoms. The van der Waals surface area contributed by atoms with Crippen molar-refractivity contribution in [3.63, 3.8) is 0 Å². The second kappa shape index (κ2) is 8.79. The minimum absolute atomic E-state index is 0.184. The predicted molar refractivity (Wildman–Crippen MR) is 115 cm³/mol. The molecule has 154 valence electrons. The molecule has 30 heavy (non-hydrogen) atoms. The van der Waals surface area contributed by atoms with Crippen LogP contribution >= 0.6 is 11.6 Å². The minimum atomic E-state index is -1.21. The van der Waals surface area contributed by atoms with Gasteiger partial charge in [0.2, 0.25) is 0 Å². The molecule has 1 aromatic heterocycles. The van der Waals surface area contributed by atoms with E-state index in [1.165, 1.54) is 17.4 Å². The molecule has 1 amide bonds. The van der Waals surface area contributed by atoms with Crippen LogP contribution in [0.15, 0.2) is 53.4 Å². The molecule has 1 aromatic carbocycles. The molecule has 1 aliphatic rings. The van der Waals surface area contributed by atoms with Gasteiger partial charge >= 0.3 is 5.97 Å². The Hall–Kier alpha value is -3.65. The van der Waals surface area contributed by atoms with E-state index in [1.807, 2.05) is 12.1 Å². The van der Waals surface area contributed by atoms with E-state index >= 15 is 0 Å². The number of nitrogens with zero attached hydrogens (tertiary/aromatic N) is 3. The van der Waals surface area contributed by atoms with Gasteiger partial charge in [-0.05, 0) is 43.2 Å². The number of aliphatic carboxylic acids is 1. The second-order valence-corrected chi connectivity index (χ2v) is 6.66. The molecule has 0 saturated carbocycles. The van der Waals surface area contributed by atoms with Crippen molar-refractivity contribution < 1.29 is 19.8 Å². The highest BCUT2D eigenvalue weighted by Gasteiger charge is 2.35. The third kappa shape index (κ3) is 3.90. The number of halogens is 1. The van der Waals surface area contributed by atoms with Crippen LogP contribution < -0.4 is 5.32 Å². The Morgan fingerprint density at radius 1 is 1.30 bits per heavy atom. The Labute approximate surface area is 177 Å². The highest BCUT2D eigenvalue weighted by Crippen LogP contribution is 2.42. The average Bonchev–Trinajstić information content (AvgIpc) is 2.72. The average molecular weight is 427 g/mol. The summed E-state index contributed by atoms with van der Waals surface area (Å²) in [6.07, 6.45) is 4.71. The zero-order valence-electron chi connectivity index (χ0n) is 16.3. The van der Waals surface area contributed by atoms with Crippen LogP contribution in [0.4, 0.5) is 0 Å². The molecule has 1 aliphatic heterocycles. The van der Waals surface area contributed by atoms with Crippen LogP contribution in [0.25, 0.3) is 22.6 Å². The number of carboxylic acids is 1. The molecule has 2 heterocycles. The maximum atomic E-state index is 12.7. The van der Waals surface area contributed by atoms with Crippen molar-refractivity contribution in [2.45, 2.75) is 13.8 Å². The largest absolute Gasteiger partial charge is 0.504 e. The van der Waals surface area contributed by atoms with Gasteiger partial charge in [-0.25, -0.2) is 5.01 Å². The minimum Gasteiger partial charge on any atom is -0.504 e. The van der Waals surface area contributed by atoms with Crippen LogP contribution in [0.2, 0.25) is 5.02 Å². The van der Waals surface area contributed by atoms with E-state index in [1.54, 1.807) is 38.1 Å². The molecule has 0 radical (unpaired) electrons. The normalized spacial score (nSPS) is 14.9. The fourth-order valence-electron chi connectivity index (χ4n) is 3.18. The lowest BCUT2D eigenvalue weighted by Gasteiger charge is -2.31. The SMILES string of the molecule is C/C=N\N1C(C(=O)NCC(=O)O)=C(O)c2nccc(-c3cccc(Cl)c3)c2/C1=C\C. The summed E-state index contributed by atoms with van der Waals surface area (Å²) in [5.74, 6) is -2.41. The summed E-state index contributed by atoms with van der Waals surface area (Å²) < 4.78 is 0. The summed E-state index contributed by atoms with van der Waals surface area (Å²) in [4.78, 5) is 27.8. The van der Waals surface area contributed by atoms with Crippen molar-refractivity contribution >= 4 is 41.1 Å². The lowest BCUT2D eigenvalue weighted by Crippen LogP contribution is -2.37. The van der Waals surface area contributed by atoms with Gasteiger partial charge in [0.15, 0.2) is 11.5 Å². The van der Waals surface area contributed by atoms with Crippen LogP contribution in [-0.2, 0) is 9.59 Å². The van der Waals surface area contributed by atoms with Crippen LogP contribution in [0.3, 0.4) is 0 Å². The zero-order valence-corrected chi connectivity index (χ0v) is 17.0. The van der Waals surface area contributed by atoms with E-state index < -0.39 is 24.2 Å². The van der Waals surface area contributed by atoms with Gasteiger partial charge in [0.1, 0.15) is 12.2 Å². The lowest BCUT2D eigenvalue weighted by atomic mass is 9.92. The fourth-order valence-corrected chi connectivity index (χ4v) is 3.37. The number of nitrogens with one attached hydrogen (secondary N) is 1. The van der Waals surface area contributed by atoms with Gasteiger partial charge < -0.3 is 15.5 Å². The Bertz CT molecular complexity index is 1110. The van der Waals surface area contributed by atoms with Crippen LogP contribution in [0.5, 0.6) is 0 Å². The van der Waals surface area contributed by atoms with Gasteiger partial charge in [0.05, 0.1) is 5.70 Å². The van der Waals surface area contributed by atoms with E-state index in [-0.39, 0.29) is 11.4 Å². The molecule has 3 rings (SSSR count). The number of benzene rings is 1. The molecule has 0 unspecified atom stereocenters. The zero-order chi connectivity index (χ0) is 21.8. The number of carbonyl (C=O) groups is 2.